The molecule has 33 heavy (non-hydrogen) atoms. The van der Waals surface area contributed by atoms with Crippen LogP contribution in [-0.4, -0.2) is 48.6 Å². The summed E-state index contributed by atoms with van der Waals surface area (Å²) in [5.74, 6) is 0.203. The summed E-state index contributed by atoms with van der Waals surface area (Å²) in [6.07, 6.45) is -0.375. The first kappa shape index (κ1) is 21.1. The van der Waals surface area contributed by atoms with Gasteiger partial charge in [0.1, 0.15) is 11.9 Å². The van der Waals surface area contributed by atoms with Crippen LogP contribution >= 0.6 is 0 Å². The summed E-state index contributed by atoms with van der Waals surface area (Å²) in [6, 6.07) is 12.3. The molecule has 0 N–H and O–H groups in total. The number of methoxy groups -OCH3 is 2. The maximum absolute atomic E-state index is 12.7. The van der Waals surface area contributed by atoms with Crippen LogP contribution in [0.5, 0.6) is 5.75 Å². The zero-order valence-corrected chi connectivity index (χ0v) is 21.7. The van der Waals surface area contributed by atoms with Crippen molar-refractivity contribution in [3.63, 3.8) is 0 Å². The Balaban J connectivity index is 1.48. The summed E-state index contributed by atoms with van der Waals surface area (Å²) < 4.78 is 23.7. The molecule has 172 valence electrons. The maximum Gasteiger partial charge on any atom is 0.354 e. The molecular formula is C24H28N2O5Si2. The number of benzene rings is 2. The minimum absolute atomic E-state index is 0.0969. The van der Waals surface area contributed by atoms with Crippen LogP contribution in [0.1, 0.15) is 23.3 Å². The highest BCUT2D eigenvalue weighted by molar-refractivity contribution is 7.05. The molecule has 4 aliphatic rings. The number of hydrogen-bond acceptors (Lipinski definition) is 7. The molecule has 4 heterocycles. The van der Waals surface area contributed by atoms with E-state index in [1.165, 1.54) is 28.6 Å². The largest absolute Gasteiger partial charge is 0.497 e. The zero-order valence-electron chi connectivity index (χ0n) is 19.7. The lowest BCUT2D eigenvalue weighted by atomic mass is 9.78. The van der Waals surface area contributed by atoms with Crippen LogP contribution in [-0.2, 0) is 18.4 Å². The van der Waals surface area contributed by atoms with Crippen LogP contribution in [0.4, 0.5) is 5.69 Å². The molecule has 1 fully saturated rings. The number of rotatable bonds is 3. The second-order valence-corrected chi connectivity index (χ2v) is 18.1. The van der Waals surface area contributed by atoms with Gasteiger partial charge in [-0.25, -0.2) is 4.79 Å². The van der Waals surface area contributed by atoms with E-state index in [0.717, 1.165) is 11.4 Å². The summed E-state index contributed by atoms with van der Waals surface area (Å²) in [6.45, 7) is 9.13. The number of hydrogen-bond donors (Lipinski definition) is 0. The minimum atomic E-state index is -1.96. The van der Waals surface area contributed by atoms with Gasteiger partial charge in [0, 0.05) is 0 Å². The van der Waals surface area contributed by atoms with Gasteiger partial charge in [-0.3, -0.25) is 5.01 Å². The number of fused-ring (bicyclic) bond motifs is 9. The fourth-order valence-electron chi connectivity index (χ4n) is 6.17. The monoisotopic (exact) mass is 480 g/mol. The van der Waals surface area contributed by atoms with Crippen LogP contribution in [0.15, 0.2) is 41.5 Å². The average molecular weight is 481 g/mol. The van der Waals surface area contributed by atoms with Gasteiger partial charge in [0.25, 0.3) is 0 Å². The van der Waals surface area contributed by atoms with Crippen LogP contribution in [0.3, 0.4) is 0 Å². The lowest BCUT2D eigenvalue weighted by Crippen LogP contribution is -2.46. The van der Waals surface area contributed by atoms with Gasteiger partial charge in [-0.2, -0.15) is 5.10 Å². The Labute approximate surface area is 195 Å². The van der Waals surface area contributed by atoms with Gasteiger partial charge < -0.3 is 18.3 Å². The van der Waals surface area contributed by atoms with E-state index >= 15 is 0 Å². The predicted octanol–water partition coefficient (Wildman–Crippen LogP) is 2.71. The number of carbonyl (C=O) groups excluding carboxylic acids is 1. The second kappa shape index (κ2) is 6.78. The Morgan fingerprint density at radius 2 is 1.58 bits per heavy atom. The minimum Gasteiger partial charge on any atom is -0.497 e. The summed E-state index contributed by atoms with van der Waals surface area (Å²) in [4.78, 5) is 12.7. The Morgan fingerprint density at radius 1 is 0.970 bits per heavy atom. The molecule has 0 saturated carbocycles. The summed E-state index contributed by atoms with van der Waals surface area (Å²) in [5.41, 5.74) is 3.73. The number of esters is 1. The maximum atomic E-state index is 12.7. The van der Waals surface area contributed by atoms with Crippen LogP contribution in [0.25, 0.3) is 0 Å². The van der Waals surface area contributed by atoms with Crippen LogP contribution < -0.4 is 20.1 Å². The quantitative estimate of drug-likeness (QED) is 0.497. The Morgan fingerprint density at radius 3 is 2.15 bits per heavy atom. The fourth-order valence-corrected chi connectivity index (χ4v) is 16.4. The van der Waals surface area contributed by atoms with Crippen molar-refractivity contribution in [2.75, 3.05) is 19.2 Å². The number of nitrogens with zero attached hydrogens (tertiary/aromatic N) is 2. The van der Waals surface area contributed by atoms with E-state index in [9.17, 15) is 4.79 Å². The van der Waals surface area contributed by atoms with E-state index in [1.54, 1.807) is 7.11 Å². The molecule has 4 aliphatic heterocycles. The van der Waals surface area contributed by atoms with Crippen molar-refractivity contribution in [3.05, 3.63) is 47.5 Å². The van der Waals surface area contributed by atoms with E-state index in [2.05, 4.69) is 38.3 Å². The molecule has 6 rings (SSSR count). The highest BCUT2D eigenvalue weighted by Crippen LogP contribution is 2.58. The van der Waals surface area contributed by atoms with Gasteiger partial charge in [-0.05, 0) is 72.0 Å². The first-order valence-corrected chi connectivity index (χ1v) is 17.1. The molecule has 4 atom stereocenters. The van der Waals surface area contributed by atoms with E-state index in [0.29, 0.717) is 5.71 Å². The molecule has 1 saturated heterocycles. The third kappa shape index (κ3) is 2.79. The molecule has 7 nitrogen and oxygen atoms in total. The van der Waals surface area contributed by atoms with Gasteiger partial charge in [0.05, 0.1) is 38.0 Å². The first-order chi connectivity index (χ1) is 15.7. The average Bonchev–Trinajstić information content (AvgIpc) is 3.50. The molecular weight excluding hydrogens is 452 g/mol. The zero-order chi connectivity index (χ0) is 23.3. The summed E-state index contributed by atoms with van der Waals surface area (Å²) in [5, 5.41) is 9.49. The van der Waals surface area contributed by atoms with Gasteiger partial charge in [-0.15, -0.1) is 0 Å². The van der Waals surface area contributed by atoms with Crippen molar-refractivity contribution in [2.45, 2.75) is 44.4 Å². The second-order valence-electron chi connectivity index (χ2n) is 10.2. The lowest BCUT2D eigenvalue weighted by molar-refractivity contribution is -0.133. The van der Waals surface area contributed by atoms with Gasteiger partial charge in [-0.1, -0.05) is 12.1 Å². The third-order valence-electron chi connectivity index (χ3n) is 7.49. The number of ether oxygens (including phenoxy) is 3. The van der Waals surface area contributed by atoms with Crippen molar-refractivity contribution < 1.29 is 23.1 Å². The highest BCUT2D eigenvalue weighted by Gasteiger charge is 2.62. The number of hydrazone groups is 1. The van der Waals surface area contributed by atoms with E-state index in [-0.39, 0.29) is 24.2 Å². The Kier molecular flexibility index (Phi) is 4.34. The van der Waals surface area contributed by atoms with E-state index in [1.807, 2.05) is 29.3 Å². The highest BCUT2D eigenvalue weighted by atomic mass is 28.4. The molecule has 0 amide bonds. The van der Waals surface area contributed by atoms with E-state index < -0.39 is 22.6 Å². The standard InChI is InChI=1S/C24H28N2O5Si2/c1-28-14-9-7-13(8-10-14)26-21-19(20(25-26)24(27)29-2)22-15-11-17-18(12-16(15)23(21)30-22)33(5,6)31-32(17,3)4/h7-12,19,21-23H,1-6H3/t19?,21?,22-,23+/m0/s1. The predicted molar refractivity (Wildman–Crippen MR) is 131 cm³/mol. The van der Waals surface area contributed by atoms with Crippen molar-refractivity contribution in [3.8, 4) is 5.75 Å². The van der Waals surface area contributed by atoms with E-state index in [4.69, 9.17) is 23.4 Å². The summed E-state index contributed by atoms with van der Waals surface area (Å²) >= 11 is 0. The molecule has 0 spiro atoms. The SMILES string of the molecule is COC(=O)C1=NN(c2ccc(OC)cc2)C2C1[C@H]1O[C@@H]2c2cc3c(cc21)[Si](C)(C)O[Si]3(C)C. The topological polar surface area (TPSA) is 69.6 Å². The van der Waals surface area contributed by atoms with Crippen molar-refractivity contribution >= 4 is 44.4 Å². The molecule has 2 unspecified atom stereocenters. The van der Waals surface area contributed by atoms with Gasteiger partial charge >= 0.3 is 5.97 Å². The van der Waals surface area contributed by atoms with Crippen LogP contribution in [0, 0.1) is 5.92 Å². The summed E-state index contributed by atoms with van der Waals surface area (Å²) in [7, 11) is -0.861. The normalized spacial score (nSPS) is 29.4. The van der Waals surface area contributed by atoms with Gasteiger partial charge in [0.15, 0.2) is 5.71 Å². The molecule has 2 aromatic carbocycles. The third-order valence-corrected chi connectivity index (χ3v) is 15.2. The molecule has 0 radical (unpaired) electrons. The Bertz CT molecular complexity index is 1210. The number of anilines is 1. The van der Waals surface area contributed by atoms with Crippen molar-refractivity contribution in [1.29, 1.82) is 0 Å². The van der Waals surface area contributed by atoms with Crippen molar-refractivity contribution in [2.24, 2.45) is 11.0 Å². The first-order valence-electron chi connectivity index (χ1n) is 11.3. The molecule has 0 aliphatic carbocycles. The molecule has 2 bridgehead atoms. The molecule has 2 aromatic rings. The molecule has 9 heteroatoms. The van der Waals surface area contributed by atoms with Crippen LogP contribution in [0.2, 0.25) is 26.2 Å². The molecule has 0 aromatic heterocycles. The lowest BCUT2D eigenvalue weighted by Gasteiger charge is -2.31. The van der Waals surface area contributed by atoms with Crippen molar-refractivity contribution in [1.82, 2.24) is 0 Å². The fraction of sp³-hybridized carbons (Fsp3) is 0.417. The van der Waals surface area contributed by atoms with Gasteiger partial charge in [0.2, 0.25) is 16.6 Å². The number of carbonyl (C=O) groups is 1. The smallest absolute Gasteiger partial charge is 0.354 e. The Hall–Kier alpha value is -2.47.